The van der Waals surface area contributed by atoms with E-state index in [4.69, 9.17) is 23.2 Å². The largest absolute Gasteiger partial charge is 0.318 e. The van der Waals surface area contributed by atoms with Gasteiger partial charge in [-0.3, -0.25) is 4.79 Å². The smallest absolute Gasteiger partial charge is 0.264 e. The minimum Gasteiger partial charge on any atom is -0.318 e. The number of amidine groups is 1. The van der Waals surface area contributed by atoms with Gasteiger partial charge in [-0.2, -0.15) is 0 Å². The number of halogens is 3. The molecule has 2 heterocycles. The summed E-state index contributed by atoms with van der Waals surface area (Å²) >= 11 is 13.2. The lowest BCUT2D eigenvalue weighted by Crippen LogP contribution is -2.19. The molecule has 152 valence electrons. The number of hydrogen-bond acceptors (Lipinski definition) is 3. The van der Waals surface area contributed by atoms with Crippen LogP contribution in [0.1, 0.15) is 17.0 Å². The van der Waals surface area contributed by atoms with E-state index in [1.165, 1.54) is 23.9 Å². The van der Waals surface area contributed by atoms with E-state index < -0.39 is 0 Å². The normalized spacial score (nSPS) is 16.5. The second-order valence-corrected chi connectivity index (χ2v) is 8.56. The average molecular weight is 460 g/mol. The zero-order valence-corrected chi connectivity index (χ0v) is 18.4. The number of hydrogen-bond donors (Lipinski definition) is 1. The molecule has 1 aliphatic heterocycles. The van der Waals surface area contributed by atoms with E-state index >= 15 is 0 Å². The molecule has 30 heavy (non-hydrogen) atoms. The topological polar surface area (TPSA) is 46.4 Å². The first-order valence-corrected chi connectivity index (χ1v) is 10.6. The molecule has 1 N–H and O–H groups in total. The van der Waals surface area contributed by atoms with Crippen LogP contribution >= 0.6 is 35.0 Å². The van der Waals surface area contributed by atoms with Gasteiger partial charge in [0.25, 0.3) is 5.91 Å². The van der Waals surface area contributed by atoms with Crippen molar-refractivity contribution >= 4 is 57.8 Å². The van der Waals surface area contributed by atoms with Gasteiger partial charge in [-0.05, 0) is 85.8 Å². The Bertz CT molecular complexity index is 1220. The van der Waals surface area contributed by atoms with E-state index in [0.717, 1.165) is 22.6 Å². The highest BCUT2D eigenvalue weighted by molar-refractivity contribution is 8.18. The first-order valence-electron chi connectivity index (χ1n) is 9.01. The summed E-state index contributed by atoms with van der Waals surface area (Å²) in [5.41, 5.74) is 4.31. The van der Waals surface area contributed by atoms with Crippen LogP contribution in [0.4, 0.5) is 10.1 Å². The van der Waals surface area contributed by atoms with Gasteiger partial charge in [0, 0.05) is 17.1 Å². The Labute approximate surface area is 187 Å². The molecule has 1 saturated heterocycles. The van der Waals surface area contributed by atoms with Crippen LogP contribution in [0.15, 0.2) is 58.4 Å². The summed E-state index contributed by atoms with van der Waals surface area (Å²) in [5.74, 6) is -0.498. The fraction of sp³-hybridized carbons (Fsp3) is 0.0909. The van der Waals surface area contributed by atoms with Crippen LogP contribution in [0, 0.1) is 19.7 Å². The molecule has 3 aromatic rings. The number of rotatable bonds is 3. The summed E-state index contributed by atoms with van der Waals surface area (Å²) in [6, 6.07) is 13.3. The van der Waals surface area contributed by atoms with Crippen molar-refractivity contribution in [2.24, 2.45) is 4.99 Å². The highest BCUT2D eigenvalue weighted by atomic mass is 35.5. The summed E-state index contributed by atoms with van der Waals surface area (Å²) in [4.78, 5) is 17.4. The fourth-order valence-electron chi connectivity index (χ4n) is 3.21. The molecule has 0 unspecified atom stereocenters. The fourth-order valence-corrected chi connectivity index (χ4v) is 4.34. The van der Waals surface area contributed by atoms with E-state index in [9.17, 15) is 9.18 Å². The van der Waals surface area contributed by atoms with Crippen LogP contribution in [0.5, 0.6) is 0 Å². The number of carbonyl (C=O) groups excluding carboxylic acids is 1. The van der Waals surface area contributed by atoms with Gasteiger partial charge in [0.1, 0.15) is 5.82 Å². The Morgan fingerprint density at radius 3 is 2.50 bits per heavy atom. The lowest BCUT2D eigenvalue weighted by Gasteiger charge is -2.09. The van der Waals surface area contributed by atoms with Gasteiger partial charge in [0.15, 0.2) is 5.17 Å². The molecule has 0 aliphatic carbocycles. The zero-order valence-electron chi connectivity index (χ0n) is 16.0. The highest BCUT2D eigenvalue weighted by Crippen LogP contribution is 2.32. The lowest BCUT2D eigenvalue weighted by atomic mass is 10.2. The maximum atomic E-state index is 13.3. The average Bonchev–Trinajstić information content (AvgIpc) is 3.18. The third-order valence-corrected chi connectivity index (χ3v) is 6.28. The number of carbonyl (C=O) groups is 1. The quantitative estimate of drug-likeness (QED) is 0.458. The molecular formula is C22H16Cl2FN3OS. The minimum absolute atomic E-state index is 0.217. The van der Waals surface area contributed by atoms with Gasteiger partial charge >= 0.3 is 0 Å². The van der Waals surface area contributed by atoms with E-state index in [-0.39, 0.29) is 11.7 Å². The molecule has 1 fully saturated rings. The maximum absolute atomic E-state index is 13.3. The molecule has 0 radical (unpaired) electrons. The van der Waals surface area contributed by atoms with E-state index in [1.54, 1.807) is 30.3 Å². The molecule has 4 nitrogen and oxygen atoms in total. The van der Waals surface area contributed by atoms with Crippen molar-refractivity contribution in [1.82, 2.24) is 9.88 Å². The van der Waals surface area contributed by atoms with Crippen LogP contribution < -0.4 is 5.32 Å². The third-order valence-electron chi connectivity index (χ3n) is 4.63. The first-order chi connectivity index (χ1) is 14.3. The molecule has 8 heteroatoms. The Morgan fingerprint density at radius 1 is 1.07 bits per heavy atom. The third kappa shape index (κ3) is 4.17. The number of benzene rings is 2. The number of nitrogens with zero attached hydrogens (tertiary/aromatic N) is 2. The highest BCUT2D eigenvalue weighted by Gasteiger charge is 2.24. The van der Waals surface area contributed by atoms with Gasteiger partial charge in [-0.1, -0.05) is 23.2 Å². The van der Waals surface area contributed by atoms with Crippen LogP contribution in [0.3, 0.4) is 0 Å². The molecule has 1 aliphatic rings. The number of aliphatic imine (C=N–C) groups is 1. The molecular weight excluding hydrogens is 444 g/mol. The van der Waals surface area contributed by atoms with Crippen molar-refractivity contribution in [1.29, 1.82) is 0 Å². The van der Waals surface area contributed by atoms with Crippen LogP contribution in [-0.2, 0) is 4.79 Å². The molecule has 1 aromatic heterocycles. The predicted octanol–water partition coefficient (Wildman–Crippen LogP) is 6.43. The van der Waals surface area contributed by atoms with Gasteiger partial charge in [0.2, 0.25) is 0 Å². The molecule has 0 saturated carbocycles. The van der Waals surface area contributed by atoms with Crippen molar-refractivity contribution in [3.63, 3.8) is 0 Å². The number of amides is 1. The summed E-state index contributed by atoms with van der Waals surface area (Å²) in [7, 11) is 0. The molecule has 0 spiro atoms. The number of nitrogens with one attached hydrogen (secondary N) is 1. The van der Waals surface area contributed by atoms with Crippen molar-refractivity contribution in [2.45, 2.75) is 13.8 Å². The van der Waals surface area contributed by atoms with Gasteiger partial charge < -0.3 is 9.88 Å². The molecule has 4 rings (SSSR count). The molecule has 0 bridgehead atoms. The predicted molar refractivity (Wildman–Crippen MR) is 122 cm³/mol. The standard InChI is InChI=1S/C22H16Cl2FN3OS/c1-12-9-14(13(2)28(12)17-6-3-15(25)4-7-17)10-20-21(29)27-22(30-20)26-16-5-8-18(23)19(24)11-16/h3-11H,1-2H3,(H,26,27,29)/b20-10-. The van der Waals surface area contributed by atoms with E-state index in [1.807, 2.05) is 30.6 Å². The molecule has 2 aromatic carbocycles. The molecule has 1 amide bonds. The zero-order chi connectivity index (χ0) is 21.4. The van der Waals surface area contributed by atoms with Crippen molar-refractivity contribution in [3.05, 3.63) is 86.2 Å². The Morgan fingerprint density at radius 2 is 1.80 bits per heavy atom. The van der Waals surface area contributed by atoms with Gasteiger partial charge in [-0.25, -0.2) is 9.38 Å². The SMILES string of the molecule is Cc1cc(/C=C2\SC(=Nc3ccc(Cl)c(Cl)c3)NC2=O)c(C)n1-c1ccc(F)cc1. The van der Waals surface area contributed by atoms with Crippen molar-refractivity contribution < 1.29 is 9.18 Å². The number of aryl methyl sites for hydroxylation is 1. The number of thioether (sulfide) groups is 1. The maximum Gasteiger partial charge on any atom is 0.264 e. The van der Waals surface area contributed by atoms with Crippen LogP contribution in [-0.4, -0.2) is 15.6 Å². The van der Waals surface area contributed by atoms with Crippen molar-refractivity contribution in [3.8, 4) is 5.69 Å². The lowest BCUT2D eigenvalue weighted by molar-refractivity contribution is -0.115. The Hall–Kier alpha value is -2.54. The van der Waals surface area contributed by atoms with Gasteiger partial charge in [-0.15, -0.1) is 0 Å². The van der Waals surface area contributed by atoms with Crippen LogP contribution in [0.25, 0.3) is 11.8 Å². The summed E-state index contributed by atoms with van der Waals surface area (Å²) in [5, 5.41) is 4.08. The summed E-state index contributed by atoms with van der Waals surface area (Å²) < 4.78 is 15.3. The summed E-state index contributed by atoms with van der Waals surface area (Å²) in [6.07, 6.45) is 1.83. The molecule has 0 atom stereocenters. The summed E-state index contributed by atoms with van der Waals surface area (Å²) in [6.45, 7) is 3.93. The second kappa shape index (κ2) is 8.30. The Kier molecular flexibility index (Phi) is 5.73. The monoisotopic (exact) mass is 459 g/mol. The van der Waals surface area contributed by atoms with E-state index in [0.29, 0.717) is 25.8 Å². The van der Waals surface area contributed by atoms with Crippen molar-refractivity contribution in [2.75, 3.05) is 0 Å². The second-order valence-electron chi connectivity index (χ2n) is 6.72. The Balaban J connectivity index is 1.63. The van der Waals surface area contributed by atoms with E-state index in [2.05, 4.69) is 10.3 Å². The minimum atomic E-state index is -0.281. The first kappa shape index (κ1) is 20.7. The number of aromatic nitrogens is 1. The van der Waals surface area contributed by atoms with Crippen LogP contribution in [0.2, 0.25) is 10.0 Å². The van der Waals surface area contributed by atoms with Gasteiger partial charge in [0.05, 0.1) is 20.6 Å².